The zero-order chi connectivity index (χ0) is 9.26. The largest absolute Gasteiger partial charge is 0.389 e. The molecule has 1 aliphatic carbocycles. The number of hydrogen-bond donors (Lipinski definition) is 1. The Labute approximate surface area is 79.4 Å². The molecule has 0 spiro atoms. The van der Waals surface area contributed by atoms with Crippen LogP contribution < -0.4 is 0 Å². The molecule has 0 aromatic heterocycles. The Kier molecular flexibility index (Phi) is 2.36. The summed E-state index contributed by atoms with van der Waals surface area (Å²) in [7, 11) is 0. The van der Waals surface area contributed by atoms with Crippen LogP contribution in [-0.2, 0) is 12.8 Å². The number of aliphatic hydroxyl groups excluding tert-OH is 1. The van der Waals surface area contributed by atoms with E-state index < -0.39 is 0 Å². The van der Waals surface area contributed by atoms with E-state index in [0.29, 0.717) is 0 Å². The van der Waals surface area contributed by atoms with Crippen LogP contribution in [0.15, 0.2) is 18.2 Å². The molecule has 0 saturated heterocycles. The molecule has 0 heterocycles. The third-order valence-corrected chi connectivity index (χ3v) is 2.85. The molecule has 0 saturated carbocycles. The topological polar surface area (TPSA) is 20.2 Å². The molecule has 2 rings (SSSR count). The van der Waals surface area contributed by atoms with Gasteiger partial charge in [-0.3, -0.25) is 0 Å². The van der Waals surface area contributed by atoms with Crippen LogP contribution in [0.25, 0.3) is 0 Å². The maximum absolute atomic E-state index is 9.43. The molecular weight excluding hydrogens is 160 g/mol. The molecule has 1 N–H and O–H groups in total. The first-order valence-corrected chi connectivity index (χ1v) is 5.07. The molecule has 1 aromatic rings. The third kappa shape index (κ3) is 1.75. The van der Waals surface area contributed by atoms with Crippen LogP contribution >= 0.6 is 0 Å². The Morgan fingerprint density at radius 1 is 1.15 bits per heavy atom. The highest BCUT2D eigenvalue weighted by molar-refractivity contribution is 5.34. The zero-order valence-corrected chi connectivity index (χ0v) is 8.09. The van der Waals surface area contributed by atoms with Crippen LogP contribution in [0.1, 0.15) is 42.6 Å². The Bertz CT molecular complexity index is 302. The summed E-state index contributed by atoms with van der Waals surface area (Å²) in [5, 5.41) is 9.43. The Morgan fingerprint density at radius 3 is 2.54 bits per heavy atom. The van der Waals surface area contributed by atoms with Gasteiger partial charge in [0, 0.05) is 0 Å². The van der Waals surface area contributed by atoms with E-state index >= 15 is 0 Å². The van der Waals surface area contributed by atoms with Gasteiger partial charge in [0.25, 0.3) is 0 Å². The van der Waals surface area contributed by atoms with E-state index in [1.54, 1.807) is 0 Å². The fourth-order valence-corrected chi connectivity index (χ4v) is 2.01. The molecule has 0 amide bonds. The fourth-order valence-electron chi connectivity index (χ4n) is 2.01. The van der Waals surface area contributed by atoms with Gasteiger partial charge >= 0.3 is 0 Å². The van der Waals surface area contributed by atoms with Crippen LogP contribution in [0, 0.1) is 0 Å². The Morgan fingerprint density at radius 2 is 1.85 bits per heavy atom. The minimum absolute atomic E-state index is 0.327. The maximum atomic E-state index is 9.43. The summed E-state index contributed by atoms with van der Waals surface area (Å²) in [6.45, 7) is 1.82. The molecule has 1 nitrogen and oxygen atoms in total. The minimum Gasteiger partial charge on any atom is -0.389 e. The van der Waals surface area contributed by atoms with E-state index in [9.17, 15) is 5.11 Å². The van der Waals surface area contributed by atoms with E-state index in [2.05, 4.69) is 18.2 Å². The quantitative estimate of drug-likeness (QED) is 0.697. The molecule has 0 radical (unpaired) electrons. The van der Waals surface area contributed by atoms with Gasteiger partial charge in [0.2, 0.25) is 0 Å². The molecule has 13 heavy (non-hydrogen) atoms. The van der Waals surface area contributed by atoms with E-state index in [-0.39, 0.29) is 6.10 Å². The van der Waals surface area contributed by atoms with Crippen LogP contribution in [0.5, 0.6) is 0 Å². The van der Waals surface area contributed by atoms with Crippen molar-refractivity contribution < 1.29 is 5.11 Å². The lowest BCUT2D eigenvalue weighted by Crippen LogP contribution is -2.04. The van der Waals surface area contributed by atoms with Crippen molar-refractivity contribution in [3.8, 4) is 0 Å². The van der Waals surface area contributed by atoms with Crippen molar-refractivity contribution in [1.82, 2.24) is 0 Å². The average Bonchev–Trinajstić information content (AvgIpc) is 2.17. The first-order chi connectivity index (χ1) is 6.27. The summed E-state index contributed by atoms with van der Waals surface area (Å²) in [6.07, 6.45) is 4.70. The van der Waals surface area contributed by atoms with Gasteiger partial charge in [-0.25, -0.2) is 0 Å². The summed E-state index contributed by atoms with van der Waals surface area (Å²) < 4.78 is 0. The van der Waals surface area contributed by atoms with Gasteiger partial charge in [-0.1, -0.05) is 18.2 Å². The highest BCUT2D eigenvalue weighted by atomic mass is 16.3. The number of fused-ring (bicyclic) bond motifs is 1. The molecular formula is C12H16O. The van der Waals surface area contributed by atoms with Crippen LogP contribution in [0.2, 0.25) is 0 Å². The number of hydrogen-bond acceptors (Lipinski definition) is 1. The number of aryl methyl sites for hydroxylation is 2. The fraction of sp³-hybridized carbons (Fsp3) is 0.500. The van der Waals surface area contributed by atoms with Crippen molar-refractivity contribution in [2.24, 2.45) is 0 Å². The standard InChI is InChI=1S/C12H16O/c1-9(13)11-7-6-10-4-2-3-5-12(10)8-11/h6-9,13H,2-5H2,1H3. The summed E-state index contributed by atoms with van der Waals surface area (Å²) in [5.74, 6) is 0. The lowest BCUT2D eigenvalue weighted by molar-refractivity contribution is 0.199. The van der Waals surface area contributed by atoms with Gasteiger partial charge in [0.15, 0.2) is 0 Å². The lowest BCUT2D eigenvalue weighted by Gasteiger charge is -2.17. The predicted molar refractivity (Wildman–Crippen MR) is 53.7 cm³/mol. The first-order valence-electron chi connectivity index (χ1n) is 5.07. The van der Waals surface area contributed by atoms with E-state index in [4.69, 9.17) is 0 Å². The van der Waals surface area contributed by atoms with Gasteiger partial charge < -0.3 is 5.11 Å². The van der Waals surface area contributed by atoms with Gasteiger partial charge in [-0.15, -0.1) is 0 Å². The normalized spacial score (nSPS) is 18.0. The molecule has 70 valence electrons. The van der Waals surface area contributed by atoms with Crippen molar-refractivity contribution in [2.75, 3.05) is 0 Å². The highest BCUT2D eigenvalue weighted by Crippen LogP contribution is 2.24. The van der Waals surface area contributed by atoms with Crippen molar-refractivity contribution in [3.05, 3.63) is 34.9 Å². The molecule has 0 bridgehead atoms. The lowest BCUT2D eigenvalue weighted by atomic mass is 9.90. The zero-order valence-electron chi connectivity index (χ0n) is 8.09. The predicted octanol–water partition coefficient (Wildman–Crippen LogP) is 2.62. The Balaban J connectivity index is 2.35. The average molecular weight is 176 g/mol. The molecule has 1 aromatic carbocycles. The molecule has 0 aliphatic heterocycles. The first kappa shape index (κ1) is 8.76. The summed E-state index contributed by atoms with van der Waals surface area (Å²) in [5.41, 5.74) is 3.99. The van der Waals surface area contributed by atoms with Crippen molar-refractivity contribution in [3.63, 3.8) is 0 Å². The Hall–Kier alpha value is -0.820. The van der Waals surface area contributed by atoms with Crippen LogP contribution in [0.3, 0.4) is 0 Å². The van der Waals surface area contributed by atoms with Crippen molar-refractivity contribution in [2.45, 2.75) is 38.7 Å². The molecule has 1 heteroatoms. The molecule has 0 fully saturated rings. The second-order valence-electron chi connectivity index (χ2n) is 3.91. The number of rotatable bonds is 1. The van der Waals surface area contributed by atoms with Gasteiger partial charge in [0.05, 0.1) is 6.10 Å². The second-order valence-corrected chi connectivity index (χ2v) is 3.91. The van der Waals surface area contributed by atoms with Crippen molar-refractivity contribution in [1.29, 1.82) is 0 Å². The SMILES string of the molecule is CC(O)c1ccc2c(c1)CCCC2. The van der Waals surface area contributed by atoms with E-state index in [0.717, 1.165) is 5.56 Å². The molecule has 1 unspecified atom stereocenters. The summed E-state index contributed by atoms with van der Waals surface area (Å²) in [6, 6.07) is 6.39. The number of aliphatic hydroxyl groups is 1. The minimum atomic E-state index is -0.327. The van der Waals surface area contributed by atoms with Gasteiger partial charge in [0.1, 0.15) is 0 Å². The van der Waals surface area contributed by atoms with Gasteiger partial charge in [-0.05, 0) is 49.3 Å². The second kappa shape index (κ2) is 3.51. The maximum Gasteiger partial charge on any atom is 0.0762 e. The smallest absolute Gasteiger partial charge is 0.0762 e. The van der Waals surface area contributed by atoms with Crippen LogP contribution in [-0.4, -0.2) is 5.11 Å². The van der Waals surface area contributed by atoms with E-state index in [1.807, 2.05) is 6.92 Å². The summed E-state index contributed by atoms with van der Waals surface area (Å²) in [4.78, 5) is 0. The highest BCUT2D eigenvalue weighted by Gasteiger charge is 2.10. The van der Waals surface area contributed by atoms with E-state index in [1.165, 1.54) is 36.8 Å². The third-order valence-electron chi connectivity index (χ3n) is 2.85. The molecule has 1 aliphatic rings. The number of benzene rings is 1. The summed E-state index contributed by atoms with van der Waals surface area (Å²) >= 11 is 0. The molecule has 1 atom stereocenters. The van der Waals surface area contributed by atoms with Gasteiger partial charge in [-0.2, -0.15) is 0 Å². The monoisotopic (exact) mass is 176 g/mol. The van der Waals surface area contributed by atoms with Crippen LogP contribution in [0.4, 0.5) is 0 Å². The van der Waals surface area contributed by atoms with Crippen molar-refractivity contribution >= 4 is 0 Å².